The average Bonchev–Trinajstić information content (AvgIpc) is 3.73. The predicted octanol–water partition coefficient (Wildman–Crippen LogP) is 8.22. The Kier molecular flexibility index (Phi) is 3.98. The molecule has 0 saturated carbocycles. The Bertz CT molecular complexity index is 2050. The minimum Gasteiger partial charge on any atom is -0.355 e. The molecule has 0 fully saturated rings. The summed E-state index contributed by atoms with van der Waals surface area (Å²) < 4.78 is 0. The number of H-pyrrole nitrogens is 2. The maximum Gasteiger partial charge on any atom is 0.0700 e. The van der Waals surface area contributed by atoms with Crippen molar-refractivity contribution in [3.63, 3.8) is 0 Å². The quantitative estimate of drug-likeness (QED) is 0.226. The van der Waals surface area contributed by atoms with Crippen molar-refractivity contribution in [1.82, 2.24) is 19.9 Å². The maximum absolute atomic E-state index is 5.30. The van der Waals surface area contributed by atoms with Crippen LogP contribution in [0.2, 0.25) is 0 Å². The first-order valence-corrected chi connectivity index (χ1v) is 13.4. The lowest BCUT2D eigenvalue weighted by molar-refractivity contribution is 0.581. The molecule has 0 spiro atoms. The minimum absolute atomic E-state index is 0.364. The monoisotopic (exact) mass is 488 g/mol. The second kappa shape index (κ2) is 7.42. The third-order valence-corrected chi connectivity index (χ3v) is 8.56. The molecule has 2 atom stereocenters. The first kappa shape index (κ1) is 20.4. The topological polar surface area (TPSA) is 57.4 Å². The lowest BCUT2D eigenvalue weighted by atomic mass is 9.63. The molecule has 5 aromatic rings. The fourth-order valence-electron chi connectivity index (χ4n) is 6.97. The van der Waals surface area contributed by atoms with Gasteiger partial charge in [-0.3, -0.25) is 0 Å². The Morgan fingerprint density at radius 2 is 1.05 bits per heavy atom. The summed E-state index contributed by atoms with van der Waals surface area (Å²) >= 11 is 0. The van der Waals surface area contributed by atoms with Gasteiger partial charge >= 0.3 is 0 Å². The largest absolute Gasteiger partial charge is 0.355 e. The first-order valence-electron chi connectivity index (χ1n) is 13.4. The molecule has 5 heterocycles. The van der Waals surface area contributed by atoms with Crippen LogP contribution in [-0.4, -0.2) is 19.9 Å². The number of hydrogen-bond donors (Lipinski definition) is 2. The fraction of sp³-hybridized carbons (Fsp3) is 0.118. The SMILES string of the molecule is C1=Cc2cc3ccc(cc4ccc(cc5nc(cc1n2)C1=C5C2CCC1c1cc5ccccc5cc12)[nH]4)[nH]3. The van der Waals surface area contributed by atoms with E-state index in [1.54, 1.807) is 0 Å². The third kappa shape index (κ3) is 2.97. The third-order valence-electron chi connectivity index (χ3n) is 8.56. The molecule has 3 aromatic heterocycles. The predicted molar refractivity (Wildman–Crippen MR) is 155 cm³/mol. The summed E-state index contributed by atoms with van der Waals surface area (Å²) in [6.45, 7) is 0. The molecule has 10 bridgehead atoms. The average molecular weight is 489 g/mol. The molecule has 2 unspecified atom stereocenters. The normalized spacial score (nSPS) is 19.2. The number of hydrogen-bond acceptors (Lipinski definition) is 2. The summed E-state index contributed by atoms with van der Waals surface area (Å²) in [6, 6.07) is 30.8. The van der Waals surface area contributed by atoms with Crippen LogP contribution in [0, 0.1) is 0 Å². The number of fused-ring (bicyclic) bond motifs is 10. The molecule has 0 radical (unpaired) electrons. The number of allylic oxidation sites excluding steroid dienone is 2. The molecule has 5 aliphatic rings. The summed E-state index contributed by atoms with van der Waals surface area (Å²) in [5.41, 5.74) is 14.1. The van der Waals surface area contributed by atoms with Crippen molar-refractivity contribution in [2.24, 2.45) is 0 Å². The van der Waals surface area contributed by atoms with E-state index < -0.39 is 0 Å². The van der Waals surface area contributed by atoms with Crippen molar-refractivity contribution in [1.29, 1.82) is 0 Å². The van der Waals surface area contributed by atoms with Crippen LogP contribution in [0.3, 0.4) is 0 Å². The number of nitrogens with zero attached hydrogens (tertiary/aromatic N) is 2. The zero-order valence-electron chi connectivity index (χ0n) is 20.7. The summed E-state index contributed by atoms with van der Waals surface area (Å²) in [7, 11) is 0. The molecule has 4 heteroatoms. The van der Waals surface area contributed by atoms with Gasteiger partial charge in [0.2, 0.25) is 0 Å². The Hall–Kier alpha value is -4.70. The van der Waals surface area contributed by atoms with Crippen LogP contribution in [0.1, 0.15) is 58.6 Å². The van der Waals surface area contributed by atoms with Crippen molar-refractivity contribution >= 4 is 56.1 Å². The molecule has 0 saturated heterocycles. The van der Waals surface area contributed by atoms with E-state index in [0.29, 0.717) is 11.8 Å². The standard InChI is InChI=1S/C34H24N4/c1-2-4-20-14-30-28-12-11-27(29(30)13-19(20)3-1)33-31-17-25-9-7-23(36-25)15-21-5-6-22(35-21)16-24-8-10-26(37-24)18-32(38-31)34(28)33/h1-10,13-18,27-28,35-36H,11-12H2. The Labute approximate surface area is 219 Å². The number of nitrogens with one attached hydrogen (secondary N) is 2. The lowest BCUT2D eigenvalue weighted by Gasteiger charge is -2.40. The maximum atomic E-state index is 5.30. The van der Waals surface area contributed by atoms with Gasteiger partial charge in [-0.25, -0.2) is 9.97 Å². The fourth-order valence-corrected chi connectivity index (χ4v) is 6.97. The van der Waals surface area contributed by atoms with E-state index in [0.717, 1.165) is 44.8 Å². The summed E-state index contributed by atoms with van der Waals surface area (Å²) in [6.07, 6.45) is 6.52. The van der Waals surface area contributed by atoms with Crippen LogP contribution in [0.4, 0.5) is 0 Å². The number of aromatic amines is 2. The summed E-state index contributed by atoms with van der Waals surface area (Å²) in [4.78, 5) is 17.3. The van der Waals surface area contributed by atoms with Gasteiger partial charge in [0.1, 0.15) is 0 Å². The van der Waals surface area contributed by atoms with Gasteiger partial charge < -0.3 is 9.97 Å². The summed E-state index contributed by atoms with van der Waals surface area (Å²) in [5.74, 6) is 0.732. The van der Waals surface area contributed by atoms with Gasteiger partial charge in [-0.2, -0.15) is 0 Å². The molecule has 4 nitrogen and oxygen atoms in total. The molecule has 2 aliphatic heterocycles. The molecular formula is C34H24N4. The van der Waals surface area contributed by atoms with Crippen molar-refractivity contribution in [2.75, 3.05) is 0 Å². The van der Waals surface area contributed by atoms with Crippen molar-refractivity contribution in [2.45, 2.75) is 24.7 Å². The van der Waals surface area contributed by atoms with E-state index in [1.807, 2.05) is 0 Å². The van der Waals surface area contributed by atoms with Gasteiger partial charge in [-0.1, -0.05) is 36.4 Å². The van der Waals surface area contributed by atoms with E-state index in [-0.39, 0.29) is 0 Å². The molecular weight excluding hydrogens is 464 g/mol. The number of rotatable bonds is 0. The van der Waals surface area contributed by atoms with E-state index >= 15 is 0 Å². The molecule has 0 amide bonds. The lowest BCUT2D eigenvalue weighted by Crippen LogP contribution is -2.22. The van der Waals surface area contributed by atoms with E-state index in [2.05, 4.69) is 107 Å². The van der Waals surface area contributed by atoms with Gasteiger partial charge in [0.05, 0.1) is 22.8 Å². The van der Waals surface area contributed by atoms with Crippen LogP contribution in [0.25, 0.3) is 56.1 Å². The van der Waals surface area contributed by atoms with Crippen molar-refractivity contribution < 1.29 is 0 Å². The second-order valence-electron chi connectivity index (χ2n) is 10.8. The zero-order valence-corrected chi connectivity index (χ0v) is 20.7. The van der Waals surface area contributed by atoms with Gasteiger partial charge in [-0.05, 0) is 107 Å². The van der Waals surface area contributed by atoms with Crippen molar-refractivity contribution in [3.05, 3.63) is 119 Å². The van der Waals surface area contributed by atoms with E-state index in [9.17, 15) is 0 Å². The molecule has 2 N–H and O–H groups in total. The highest BCUT2D eigenvalue weighted by atomic mass is 14.8. The molecule has 38 heavy (non-hydrogen) atoms. The highest BCUT2D eigenvalue weighted by Gasteiger charge is 2.43. The molecule has 180 valence electrons. The molecule has 10 rings (SSSR count). The highest BCUT2D eigenvalue weighted by Crippen LogP contribution is 2.60. The Morgan fingerprint density at radius 3 is 1.68 bits per heavy atom. The van der Waals surface area contributed by atoms with Gasteiger partial charge in [0, 0.05) is 33.9 Å². The van der Waals surface area contributed by atoms with Crippen LogP contribution < -0.4 is 0 Å². The van der Waals surface area contributed by atoms with Crippen LogP contribution in [-0.2, 0) is 0 Å². The highest BCUT2D eigenvalue weighted by molar-refractivity contribution is 6.02. The Balaban J connectivity index is 1.34. The van der Waals surface area contributed by atoms with Crippen LogP contribution in [0.5, 0.6) is 0 Å². The van der Waals surface area contributed by atoms with Gasteiger partial charge in [-0.15, -0.1) is 0 Å². The number of benzene rings is 2. The molecule has 3 aliphatic carbocycles. The second-order valence-corrected chi connectivity index (χ2v) is 10.8. The van der Waals surface area contributed by atoms with Crippen molar-refractivity contribution in [3.8, 4) is 0 Å². The van der Waals surface area contributed by atoms with Crippen LogP contribution in [0.15, 0.2) is 84.9 Å². The molecule has 2 aromatic carbocycles. The zero-order chi connectivity index (χ0) is 24.8. The van der Waals surface area contributed by atoms with Gasteiger partial charge in [0.15, 0.2) is 0 Å². The minimum atomic E-state index is 0.364. The van der Waals surface area contributed by atoms with E-state index in [4.69, 9.17) is 9.97 Å². The Morgan fingerprint density at radius 1 is 0.526 bits per heavy atom. The van der Waals surface area contributed by atoms with E-state index in [1.165, 1.54) is 45.9 Å². The number of aromatic nitrogens is 4. The first-order chi connectivity index (χ1) is 18.7. The van der Waals surface area contributed by atoms with Crippen LogP contribution >= 0.6 is 0 Å². The smallest absolute Gasteiger partial charge is 0.0700 e. The summed E-state index contributed by atoms with van der Waals surface area (Å²) in [5, 5.41) is 2.65. The van der Waals surface area contributed by atoms with Gasteiger partial charge in [0.25, 0.3) is 0 Å².